The van der Waals surface area contributed by atoms with Crippen LogP contribution in [0.5, 0.6) is 0 Å². The first kappa shape index (κ1) is 20.0. The number of carbonyl (C=O) groups excluding carboxylic acids is 1. The largest absolute Gasteiger partial charge is 0.417 e. The van der Waals surface area contributed by atoms with E-state index in [0.29, 0.717) is 6.20 Å². The highest BCUT2D eigenvalue weighted by Crippen LogP contribution is 2.32. The molecule has 0 radical (unpaired) electrons. The number of hydrogen-bond acceptors (Lipinski definition) is 6. The highest BCUT2D eigenvalue weighted by Gasteiger charge is 2.32. The Morgan fingerprint density at radius 3 is 2.81 bits per heavy atom. The molecule has 0 spiro atoms. The molecular weight excluding hydrogens is 397 g/mol. The van der Waals surface area contributed by atoms with E-state index in [1.54, 1.807) is 7.05 Å². The number of pyridine rings is 1. The van der Waals surface area contributed by atoms with Crippen molar-refractivity contribution in [2.45, 2.75) is 18.7 Å². The van der Waals surface area contributed by atoms with Crippen molar-refractivity contribution in [2.24, 2.45) is 5.16 Å². The van der Waals surface area contributed by atoms with Crippen molar-refractivity contribution in [3.8, 4) is 0 Å². The predicted molar refractivity (Wildman–Crippen MR) is 92.6 cm³/mol. The minimum atomic E-state index is -4.52. The molecule has 1 aliphatic heterocycles. The number of nitrogens with zero attached hydrogens (tertiary/aromatic N) is 2. The number of amides is 1. The molecule has 0 saturated carbocycles. The maximum Gasteiger partial charge on any atom is 0.417 e. The molecule has 142 valence electrons. The first-order valence-corrected chi connectivity index (χ1v) is 7.96. The zero-order chi connectivity index (χ0) is 19.3. The summed E-state index contributed by atoms with van der Waals surface area (Å²) in [6, 6.07) is 0.776. The topological polar surface area (TPSA) is 99.7 Å². The van der Waals surface area contributed by atoms with Crippen molar-refractivity contribution in [2.75, 3.05) is 18.9 Å². The van der Waals surface area contributed by atoms with Gasteiger partial charge in [-0.15, -0.1) is 0 Å². The van der Waals surface area contributed by atoms with Crippen molar-refractivity contribution >= 4 is 46.4 Å². The summed E-state index contributed by atoms with van der Waals surface area (Å²) in [5.41, 5.74) is 3.98. The molecule has 0 bridgehead atoms. The third-order valence-corrected chi connectivity index (χ3v) is 3.77. The highest BCUT2D eigenvalue weighted by molar-refractivity contribution is 7.80. The Hall–Kier alpha value is -2.34. The number of thiocarbonyl (C=S) groups is 1. The van der Waals surface area contributed by atoms with Crippen LogP contribution in [0.15, 0.2) is 17.4 Å². The minimum absolute atomic E-state index is 0.0715. The van der Waals surface area contributed by atoms with Crippen LogP contribution in [0.3, 0.4) is 0 Å². The first-order chi connectivity index (χ1) is 12.2. The van der Waals surface area contributed by atoms with Gasteiger partial charge in [-0.05, 0) is 18.3 Å². The summed E-state index contributed by atoms with van der Waals surface area (Å²) in [5, 5.41) is 9.08. The highest BCUT2D eigenvalue weighted by atomic mass is 35.5. The van der Waals surface area contributed by atoms with Crippen LogP contribution in [0.1, 0.15) is 12.0 Å². The van der Waals surface area contributed by atoms with Gasteiger partial charge >= 0.3 is 6.18 Å². The van der Waals surface area contributed by atoms with E-state index < -0.39 is 23.8 Å². The average molecular weight is 411 g/mol. The third kappa shape index (κ3) is 5.33. The fraction of sp³-hybridized carbons (Fsp3) is 0.385. The van der Waals surface area contributed by atoms with Gasteiger partial charge in [0.1, 0.15) is 11.5 Å². The van der Waals surface area contributed by atoms with E-state index in [0.717, 1.165) is 6.07 Å². The number of carbonyl (C=O) groups is 1. The Balaban J connectivity index is 1.83. The lowest BCUT2D eigenvalue weighted by atomic mass is 10.1. The molecule has 1 aromatic rings. The van der Waals surface area contributed by atoms with Gasteiger partial charge < -0.3 is 15.5 Å². The van der Waals surface area contributed by atoms with Gasteiger partial charge in [0, 0.05) is 19.7 Å². The minimum Gasteiger partial charge on any atom is -0.390 e. The second-order valence-corrected chi connectivity index (χ2v) is 5.88. The molecule has 1 atom stereocenters. The molecule has 26 heavy (non-hydrogen) atoms. The molecule has 2 rings (SSSR count). The molecule has 1 aromatic heterocycles. The van der Waals surface area contributed by atoms with Crippen molar-refractivity contribution in [1.29, 1.82) is 0 Å². The van der Waals surface area contributed by atoms with Crippen molar-refractivity contribution in [3.63, 3.8) is 0 Å². The van der Waals surface area contributed by atoms with Crippen molar-refractivity contribution in [1.82, 2.24) is 21.2 Å². The first-order valence-electron chi connectivity index (χ1n) is 7.18. The predicted octanol–water partition coefficient (Wildman–Crippen LogP) is 1.44. The van der Waals surface area contributed by atoms with Gasteiger partial charge in [-0.25, -0.2) is 4.98 Å². The summed E-state index contributed by atoms with van der Waals surface area (Å²) < 4.78 is 37.7. The molecule has 0 aromatic carbocycles. The maximum atomic E-state index is 12.6. The molecular formula is C13H14ClF3N6O2S. The molecule has 1 amide bonds. The monoisotopic (exact) mass is 410 g/mol. The van der Waals surface area contributed by atoms with Crippen LogP contribution < -0.4 is 21.5 Å². The lowest BCUT2D eigenvalue weighted by Crippen LogP contribution is -2.48. The number of hydrazine groups is 1. The summed E-state index contributed by atoms with van der Waals surface area (Å²) in [6.07, 6.45) is -4.17. The van der Waals surface area contributed by atoms with Gasteiger partial charge in [0.25, 0.3) is 5.91 Å². The van der Waals surface area contributed by atoms with Gasteiger partial charge in [0.05, 0.1) is 17.1 Å². The Bertz CT molecular complexity index is 730. The second-order valence-electron chi connectivity index (χ2n) is 5.06. The molecule has 2 heterocycles. The summed E-state index contributed by atoms with van der Waals surface area (Å²) in [7, 11) is 1.58. The number of halogens is 4. The molecule has 8 nitrogen and oxygen atoms in total. The molecule has 4 N–H and O–H groups in total. The Labute approximate surface area is 156 Å². The normalized spacial score (nSPS) is 16.3. The fourth-order valence-electron chi connectivity index (χ4n) is 1.85. The summed E-state index contributed by atoms with van der Waals surface area (Å²) >= 11 is 10.6. The zero-order valence-electron chi connectivity index (χ0n) is 13.3. The summed E-state index contributed by atoms with van der Waals surface area (Å²) in [6.45, 7) is 0.140. The fourth-order valence-corrected chi connectivity index (χ4v) is 2.14. The van der Waals surface area contributed by atoms with Gasteiger partial charge in [0.2, 0.25) is 0 Å². The van der Waals surface area contributed by atoms with Crippen LogP contribution in [0.4, 0.5) is 19.0 Å². The van der Waals surface area contributed by atoms with Gasteiger partial charge in [-0.3, -0.25) is 15.6 Å². The van der Waals surface area contributed by atoms with E-state index in [1.165, 1.54) is 0 Å². The number of hydrogen-bond donors (Lipinski definition) is 4. The zero-order valence-corrected chi connectivity index (χ0v) is 14.8. The second kappa shape index (κ2) is 8.36. The number of anilines is 1. The Kier molecular flexibility index (Phi) is 6.42. The van der Waals surface area contributed by atoms with E-state index in [9.17, 15) is 18.0 Å². The van der Waals surface area contributed by atoms with E-state index in [-0.39, 0.29) is 34.6 Å². The van der Waals surface area contributed by atoms with E-state index in [4.69, 9.17) is 28.7 Å². The lowest BCUT2D eigenvalue weighted by molar-refractivity contribution is -0.137. The van der Waals surface area contributed by atoms with Gasteiger partial charge in [-0.1, -0.05) is 16.8 Å². The number of nitrogens with one attached hydrogen (secondary N) is 4. The SMILES string of the molecule is CNC(=S)NNC(=O)C1=NO[C@H](CNc2ncc(C(F)(F)F)cc2Cl)C1. The number of alkyl halides is 3. The molecule has 0 fully saturated rings. The molecule has 0 unspecified atom stereocenters. The quantitative estimate of drug-likeness (QED) is 0.440. The van der Waals surface area contributed by atoms with Crippen LogP contribution >= 0.6 is 23.8 Å². The smallest absolute Gasteiger partial charge is 0.390 e. The van der Waals surface area contributed by atoms with Crippen LogP contribution in [0, 0.1) is 0 Å². The molecule has 0 saturated heterocycles. The van der Waals surface area contributed by atoms with Gasteiger partial charge in [-0.2, -0.15) is 13.2 Å². The molecule has 0 aliphatic carbocycles. The van der Waals surface area contributed by atoms with Crippen LogP contribution in [0.25, 0.3) is 0 Å². The molecule has 13 heteroatoms. The number of aromatic nitrogens is 1. The van der Waals surface area contributed by atoms with Gasteiger partial charge in [0.15, 0.2) is 11.2 Å². The number of rotatable bonds is 4. The van der Waals surface area contributed by atoms with Crippen LogP contribution in [-0.2, 0) is 15.8 Å². The molecule has 1 aliphatic rings. The van der Waals surface area contributed by atoms with E-state index in [1.807, 2.05) is 0 Å². The van der Waals surface area contributed by atoms with Crippen molar-refractivity contribution in [3.05, 3.63) is 22.8 Å². The summed E-state index contributed by atoms with van der Waals surface area (Å²) in [4.78, 5) is 20.6. The third-order valence-electron chi connectivity index (χ3n) is 3.18. The van der Waals surface area contributed by atoms with Crippen LogP contribution in [0.2, 0.25) is 5.02 Å². The maximum absolute atomic E-state index is 12.6. The van der Waals surface area contributed by atoms with Crippen molar-refractivity contribution < 1.29 is 22.8 Å². The standard InChI is InChI=1S/C13H14ClF3N6O2S/c1-18-12(26)22-21-11(24)9-3-7(25-23-9)5-20-10-8(14)2-6(4-19-10)13(15,16)17/h2,4,7H,3,5H2,1H3,(H,19,20)(H,21,24)(H2,18,22,26)/t7-/m0/s1. The van der Waals surface area contributed by atoms with E-state index >= 15 is 0 Å². The number of oxime groups is 1. The Morgan fingerprint density at radius 2 is 2.19 bits per heavy atom. The summed E-state index contributed by atoms with van der Waals surface area (Å²) in [5.74, 6) is -0.446. The average Bonchev–Trinajstić information content (AvgIpc) is 3.06. The lowest BCUT2D eigenvalue weighted by Gasteiger charge is -2.13. The van der Waals surface area contributed by atoms with E-state index in [2.05, 4.69) is 31.6 Å². The Morgan fingerprint density at radius 1 is 1.46 bits per heavy atom. The van der Waals surface area contributed by atoms with Crippen LogP contribution in [-0.4, -0.2) is 41.4 Å².